The molecule has 0 aliphatic carbocycles. The number of carbonyl (C=O) groups is 2. The van der Waals surface area contributed by atoms with E-state index in [1.54, 1.807) is 0 Å². The lowest BCUT2D eigenvalue weighted by Crippen LogP contribution is -2.54. The first-order valence-corrected chi connectivity index (χ1v) is 12.2. The number of aromatic amines is 1. The molecule has 0 spiro atoms. The number of hydrogen-bond donors (Lipinski definition) is 1. The maximum absolute atomic E-state index is 13.4. The summed E-state index contributed by atoms with van der Waals surface area (Å²) in [5, 5.41) is 1.17. The van der Waals surface area contributed by atoms with Crippen molar-refractivity contribution in [1.29, 1.82) is 0 Å². The molecule has 2 aliphatic rings. The Balaban J connectivity index is 1.47. The van der Waals surface area contributed by atoms with Crippen molar-refractivity contribution in [3.05, 3.63) is 71.4 Å². The fraction of sp³-hybridized carbons (Fsp3) is 0.429. The molecule has 0 saturated carbocycles. The first-order valence-electron chi connectivity index (χ1n) is 12.2. The lowest BCUT2D eigenvalue weighted by molar-refractivity contribution is -0.156. The Morgan fingerprint density at radius 2 is 1.82 bits per heavy atom. The van der Waals surface area contributed by atoms with Crippen LogP contribution in [0, 0.1) is 11.8 Å². The highest BCUT2D eigenvalue weighted by molar-refractivity contribution is 5.87. The van der Waals surface area contributed by atoms with E-state index in [0.29, 0.717) is 18.8 Å². The summed E-state index contributed by atoms with van der Waals surface area (Å²) in [7, 11) is 1.45. The van der Waals surface area contributed by atoms with Gasteiger partial charge < -0.3 is 14.5 Å². The monoisotopic (exact) mass is 460 g/mol. The molecule has 1 N–H and O–H groups in total. The summed E-state index contributed by atoms with van der Waals surface area (Å²) >= 11 is 0. The van der Waals surface area contributed by atoms with Gasteiger partial charge in [0.25, 0.3) is 0 Å². The maximum Gasteiger partial charge on any atom is 0.324 e. The molecule has 3 heterocycles. The summed E-state index contributed by atoms with van der Waals surface area (Å²) in [5.74, 6) is 0.206. The average molecular weight is 461 g/mol. The number of methoxy groups -OCH3 is 1. The van der Waals surface area contributed by atoms with Crippen LogP contribution < -0.4 is 0 Å². The van der Waals surface area contributed by atoms with Crippen LogP contribution in [0.4, 0.5) is 0 Å². The molecule has 3 aromatic rings. The Bertz CT molecular complexity index is 1170. The highest BCUT2D eigenvalue weighted by Gasteiger charge is 2.46. The van der Waals surface area contributed by atoms with Crippen LogP contribution in [0.15, 0.2) is 54.6 Å². The zero-order valence-corrected chi connectivity index (χ0v) is 19.8. The quantitative estimate of drug-likeness (QED) is 0.536. The number of para-hydroxylation sites is 1. The molecule has 5 rings (SSSR count). The minimum Gasteiger partial charge on any atom is -0.469 e. The van der Waals surface area contributed by atoms with Crippen molar-refractivity contribution in [1.82, 2.24) is 9.88 Å². The van der Waals surface area contributed by atoms with Gasteiger partial charge in [0, 0.05) is 36.0 Å². The summed E-state index contributed by atoms with van der Waals surface area (Å²) in [6.07, 6.45) is 2.81. The normalized spacial score (nSPS) is 24.3. The molecule has 1 aromatic heterocycles. The second-order valence-corrected chi connectivity index (χ2v) is 9.53. The van der Waals surface area contributed by atoms with E-state index < -0.39 is 0 Å². The van der Waals surface area contributed by atoms with E-state index in [1.165, 1.54) is 23.8 Å². The first-order chi connectivity index (χ1) is 16.6. The lowest BCUT2D eigenvalue weighted by Gasteiger charge is -2.49. The van der Waals surface area contributed by atoms with Crippen LogP contribution >= 0.6 is 0 Å². The third-order valence-corrected chi connectivity index (χ3v) is 7.69. The molecule has 0 amide bonds. The van der Waals surface area contributed by atoms with Crippen molar-refractivity contribution >= 4 is 22.8 Å². The minimum absolute atomic E-state index is 0.0443. The number of H-pyrrole nitrogens is 1. The third kappa shape index (κ3) is 4.23. The van der Waals surface area contributed by atoms with E-state index in [4.69, 9.17) is 9.47 Å². The third-order valence-electron chi connectivity index (χ3n) is 7.69. The second-order valence-electron chi connectivity index (χ2n) is 9.53. The van der Waals surface area contributed by atoms with Crippen molar-refractivity contribution in [2.24, 2.45) is 11.8 Å². The predicted molar refractivity (Wildman–Crippen MR) is 130 cm³/mol. The molecule has 178 valence electrons. The number of nitrogens with one attached hydrogen (secondary N) is 1. The van der Waals surface area contributed by atoms with Gasteiger partial charge in [-0.1, -0.05) is 61.9 Å². The first kappa shape index (κ1) is 22.7. The van der Waals surface area contributed by atoms with Gasteiger partial charge in [0.15, 0.2) is 0 Å². The molecule has 0 radical (unpaired) electrons. The molecule has 4 atom stereocenters. The average Bonchev–Trinajstić information content (AvgIpc) is 3.25. The standard InChI is InChI=1S/C28H32N2O4/c1-3-19-16-30-24(13-20(19)14-26(31)33-2)27-22(21-11-7-8-12-23(21)29-27)15-25(30)28(32)34-17-18-9-5-4-6-10-18/h4-12,19-20,24-25,29H,3,13-17H2,1-2H3/t19-,20-,24+,25-/m1/s1. The zero-order valence-electron chi connectivity index (χ0n) is 19.8. The molecule has 2 aliphatic heterocycles. The van der Waals surface area contributed by atoms with Gasteiger partial charge in [0.2, 0.25) is 0 Å². The highest BCUT2D eigenvalue weighted by Crippen LogP contribution is 2.46. The molecular weight excluding hydrogens is 428 g/mol. The molecule has 6 nitrogen and oxygen atoms in total. The number of benzene rings is 2. The molecule has 0 bridgehead atoms. The molecule has 2 aromatic carbocycles. The number of ether oxygens (including phenoxy) is 2. The number of rotatable bonds is 6. The maximum atomic E-state index is 13.4. The van der Waals surface area contributed by atoms with Crippen LogP contribution in [0.25, 0.3) is 10.9 Å². The fourth-order valence-corrected chi connectivity index (χ4v) is 5.88. The molecule has 0 unspecified atom stereocenters. The summed E-state index contributed by atoms with van der Waals surface area (Å²) in [6.45, 7) is 3.21. The van der Waals surface area contributed by atoms with Gasteiger partial charge in [-0.25, -0.2) is 0 Å². The minimum atomic E-state index is -0.339. The van der Waals surface area contributed by atoms with Crippen molar-refractivity contribution in [3.63, 3.8) is 0 Å². The van der Waals surface area contributed by atoms with E-state index in [1.807, 2.05) is 42.5 Å². The van der Waals surface area contributed by atoms with Crippen molar-refractivity contribution in [2.45, 2.75) is 51.3 Å². The van der Waals surface area contributed by atoms with Crippen LogP contribution in [0.2, 0.25) is 0 Å². The Kier molecular flexibility index (Phi) is 6.42. The summed E-state index contributed by atoms with van der Waals surface area (Å²) in [6, 6.07) is 17.8. The van der Waals surface area contributed by atoms with Crippen LogP contribution in [0.3, 0.4) is 0 Å². The van der Waals surface area contributed by atoms with E-state index in [9.17, 15) is 9.59 Å². The fourth-order valence-electron chi connectivity index (χ4n) is 5.88. The van der Waals surface area contributed by atoms with Crippen molar-refractivity contribution in [2.75, 3.05) is 13.7 Å². The van der Waals surface area contributed by atoms with Gasteiger partial charge in [-0.05, 0) is 35.4 Å². The van der Waals surface area contributed by atoms with E-state index in [0.717, 1.165) is 30.5 Å². The smallest absolute Gasteiger partial charge is 0.324 e. The van der Waals surface area contributed by atoms with Crippen molar-refractivity contribution in [3.8, 4) is 0 Å². The number of aromatic nitrogens is 1. The van der Waals surface area contributed by atoms with Crippen LogP contribution in [0.5, 0.6) is 0 Å². The van der Waals surface area contributed by atoms with Gasteiger partial charge >= 0.3 is 11.9 Å². The number of nitrogens with zero attached hydrogens (tertiary/aromatic N) is 1. The number of carbonyl (C=O) groups excluding carboxylic acids is 2. The number of esters is 2. The van der Waals surface area contributed by atoms with Crippen LogP contribution in [-0.2, 0) is 32.1 Å². The Labute approximate surface area is 200 Å². The largest absolute Gasteiger partial charge is 0.469 e. The van der Waals surface area contributed by atoms with Gasteiger partial charge in [-0.15, -0.1) is 0 Å². The molecule has 34 heavy (non-hydrogen) atoms. The number of fused-ring (bicyclic) bond motifs is 5. The van der Waals surface area contributed by atoms with Gasteiger partial charge in [-0.3, -0.25) is 14.5 Å². The Morgan fingerprint density at radius 1 is 1.06 bits per heavy atom. The second kappa shape index (κ2) is 9.63. The topological polar surface area (TPSA) is 71.6 Å². The molecular formula is C28H32N2O4. The van der Waals surface area contributed by atoms with Crippen molar-refractivity contribution < 1.29 is 19.1 Å². The molecule has 6 heteroatoms. The van der Waals surface area contributed by atoms with E-state index in [2.05, 4.69) is 28.9 Å². The molecule has 1 fully saturated rings. The van der Waals surface area contributed by atoms with E-state index in [-0.39, 0.29) is 36.5 Å². The summed E-state index contributed by atoms with van der Waals surface area (Å²) < 4.78 is 10.8. The highest BCUT2D eigenvalue weighted by atomic mass is 16.5. The SMILES string of the molecule is CC[C@@H]1CN2[C@@H](C(=O)OCc3ccccc3)Cc3c([nH]c4ccccc34)[C@@H]2C[C@@H]1CC(=O)OC. The molecule has 1 saturated heterocycles. The summed E-state index contributed by atoms with van der Waals surface area (Å²) in [5.41, 5.74) is 4.45. The van der Waals surface area contributed by atoms with Gasteiger partial charge in [0.05, 0.1) is 13.2 Å². The Morgan fingerprint density at radius 3 is 2.59 bits per heavy atom. The van der Waals surface area contributed by atoms with Gasteiger partial charge in [0.1, 0.15) is 12.6 Å². The van der Waals surface area contributed by atoms with Crippen LogP contribution in [-0.4, -0.2) is 41.5 Å². The van der Waals surface area contributed by atoms with E-state index >= 15 is 0 Å². The van der Waals surface area contributed by atoms with Gasteiger partial charge in [-0.2, -0.15) is 0 Å². The number of hydrogen-bond acceptors (Lipinski definition) is 5. The van der Waals surface area contributed by atoms with Crippen LogP contribution in [0.1, 0.15) is 49.0 Å². The Hall–Kier alpha value is -3.12. The lowest BCUT2D eigenvalue weighted by atomic mass is 9.74. The summed E-state index contributed by atoms with van der Waals surface area (Å²) in [4.78, 5) is 31.6. The zero-order chi connectivity index (χ0) is 23.7. The number of piperidine rings is 1. The predicted octanol–water partition coefficient (Wildman–Crippen LogP) is 4.79.